The molecule has 20 heavy (non-hydrogen) atoms. The molecule has 1 aromatic carbocycles. The maximum Gasteiger partial charge on any atom is 0.372 e. The summed E-state index contributed by atoms with van der Waals surface area (Å²) in [5, 5.41) is 9.66. The van der Waals surface area contributed by atoms with E-state index in [9.17, 15) is 4.79 Å². The van der Waals surface area contributed by atoms with Gasteiger partial charge in [0.25, 0.3) is 0 Å². The Bertz CT molecular complexity index is 621. The number of hydrogen-bond donors (Lipinski definition) is 1. The zero-order valence-corrected chi connectivity index (χ0v) is 12.1. The van der Waals surface area contributed by atoms with E-state index in [-0.39, 0.29) is 5.76 Å². The number of carboxylic acid groups (broad SMARTS) is 1. The Kier molecular flexibility index (Phi) is 4.47. The number of aromatic carboxylic acids is 1. The van der Waals surface area contributed by atoms with Crippen LogP contribution in [0.1, 0.15) is 27.4 Å². The molecule has 0 fully saturated rings. The molecule has 0 saturated carbocycles. The predicted molar refractivity (Wildman–Crippen MR) is 77.0 cm³/mol. The van der Waals surface area contributed by atoms with Gasteiger partial charge in [0.2, 0.25) is 5.76 Å². The van der Waals surface area contributed by atoms with Crippen molar-refractivity contribution in [1.82, 2.24) is 4.90 Å². The SMILES string of the molecule is Cc1cc(CN(C)Cc2cccc(Cl)c2)oc1C(=O)O. The fourth-order valence-electron chi connectivity index (χ4n) is 2.11. The van der Waals surface area contributed by atoms with Crippen LogP contribution in [0, 0.1) is 6.92 Å². The van der Waals surface area contributed by atoms with Crippen LogP contribution in [0.5, 0.6) is 0 Å². The Balaban J connectivity index is 2.03. The van der Waals surface area contributed by atoms with Gasteiger partial charge in [-0.1, -0.05) is 23.7 Å². The van der Waals surface area contributed by atoms with Crippen LogP contribution < -0.4 is 0 Å². The molecule has 0 aliphatic carbocycles. The van der Waals surface area contributed by atoms with E-state index < -0.39 is 5.97 Å². The summed E-state index contributed by atoms with van der Waals surface area (Å²) < 4.78 is 5.34. The van der Waals surface area contributed by atoms with E-state index in [2.05, 4.69) is 0 Å². The molecule has 106 valence electrons. The summed E-state index contributed by atoms with van der Waals surface area (Å²) >= 11 is 5.95. The van der Waals surface area contributed by atoms with Gasteiger partial charge in [-0.05, 0) is 37.7 Å². The number of rotatable bonds is 5. The second-order valence-corrected chi connectivity index (χ2v) is 5.27. The molecule has 1 heterocycles. The van der Waals surface area contributed by atoms with Crippen LogP contribution in [0.2, 0.25) is 5.02 Å². The van der Waals surface area contributed by atoms with Crippen molar-refractivity contribution < 1.29 is 14.3 Å². The van der Waals surface area contributed by atoms with E-state index in [1.165, 1.54) is 0 Å². The Morgan fingerprint density at radius 1 is 1.35 bits per heavy atom. The fourth-order valence-corrected chi connectivity index (χ4v) is 2.32. The van der Waals surface area contributed by atoms with Crippen molar-refractivity contribution in [1.29, 1.82) is 0 Å². The maximum absolute atomic E-state index is 10.9. The third-order valence-electron chi connectivity index (χ3n) is 2.93. The first-order chi connectivity index (χ1) is 9.45. The van der Waals surface area contributed by atoms with E-state index in [1.807, 2.05) is 36.2 Å². The molecule has 0 unspecified atom stereocenters. The Labute approximate surface area is 122 Å². The number of nitrogens with zero attached hydrogens (tertiary/aromatic N) is 1. The maximum atomic E-state index is 10.9. The van der Waals surface area contributed by atoms with Gasteiger partial charge >= 0.3 is 5.97 Å². The molecular formula is C15H16ClNO3. The Morgan fingerprint density at radius 2 is 2.10 bits per heavy atom. The number of aryl methyl sites for hydroxylation is 1. The summed E-state index contributed by atoms with van der Waals surface area (Å²) in [5.74, 6) is -0.383. The first-order valence-electron chi connectivity index (χ1n) is 6.21. The molecule has 1 N–H and O–H groups in total. The second kappa shape index (κ2) is 6.11. The lowest BCUT2D eigenvalue weighted by Crippen LogP contribution is -2.16. The van der Waals surface area contributed by atoms with Crippen LogP contribution >= 0.6 is 11.6 Å². The molecule has 0 spiro atoms. The summed E-state index contributed by atoms with van der Waals surface area (Å²) in [6.07, 6.45) is 0. The standard InChI is InChI=1S/C15H16ClNO3/c1-10-6-13(20-14(10)15(18)19)9-17(2)8-11-4-3-5-12(16)7-11/h3-7H,8-9H2,1-2H3,(H,18,19). The number of carboxylic acids is 1. The van der Waals surface area contributed by atoms with E-state index in [4.69, 9.17) is 21.1 Å². The van der Waals surface area contributed by atoms with Gasteiger partial charge in [0, 0.05) is 17.1 Å². The highest BCUT2D eigenvalue weighted by molar-refractivity contribution is 6.30. The van der Waals surface area contributed by atoms with Crippen molar-refractivity contribution >= 4 is 17.6 Å². The quantitative estimate of drug-likeness (QED) is 0.915. The molecule has 0 aliphatic heterocycles. The van der Waals surface area contributed by atoms with Gasteiger partial charge in [-0.25, -0.2) is 4.79 Å². The number of benzene rings is 1. The van der Waals surface area contributed by atoms with Crippen LogP contribution in [-0.2, 0) is 13.1 Å². The molecular weight excluding hydrogens is 278 g/mol. The lowest BCUT2D eigenvalue weighted by atomic mass is 10.2. The summed E-state index contributed by atoms with van der Waals surface area (Å²) in [4.78, 5) is 13.0. The number of hydrogen-bond acceptors (Lipinski definition) is 3. The molecule has 0 atom stereocenters. The molecule has 2 aromatic rings. The third-order valence-corrected chi connectivity index (χ3v) is 3.17. The van der Waals surface area contributed by atoms with Crippen molar-refractivity contribution in [3.8, 4) is 0 Å². The van der Waals surface area contributed by atoms with E-state index in [0.717, 1.165) is 5.56 Å². The van der Waals surface area contributed by atoms with Crippen molar-refractivity contribution in [2.45, 2.75) is 20.0 Å². The molecule has 1 aromatic heterocycles. The van der Waals surface area contributed by atoms with Gasteiger partial charge in [-0.2, -0.15) is 0 Å². The molecule has 2 rings (SSSR count). The highest BCUT2D eigenvalue weighted by Gasteiger charge is 2.15. The average Bonchev–Trinajstić information content (AvgIpc) is 2.70. The molecule has 5 heteroatoms. The first kappa shape index (κ1) is 14.6. The average molecular weight is 294 g/mol. The monoisotopic (exact) mass is 293 g/mol. The fraction of sp³-hybridized carbons (Fsp3) is 0.267. The topological polar surface area (TPSA) is 53.7 Å². The second-order valence-electron chi connectivity index (χ2n) is 4.83. The molecule has 0 aliphatic rings. The minimum Gasteiger partial charge on any atom is -0.475 e. The van der Waals surface area contributed by atoms with Crippen molar-refractivity contribution in [3.63, 3.8) is 0 Å². The van der Waals surface area contributed by atoms with Crippen LogP contribution in [0.25, 0.3) is 0 Å². The van der Waals surface area contributed by atoms with Gasteiger partial charge in [0.15, 0.2) is 0 Å². The van der Waals surface area contributed by atoms with Crippen LogP contribution in [0.3, 0.4) is 0 Å². The van der Waals surface area contributed by atoms with Gasteiger partial charge < -0.3 is 9.52 Å². The van der Waals surface area contributed by atoms with Crippen LogP contribution in [-0.4, -0.2) is 23.0 Å². The lowest BCUT2D eigenvalue weighted by Gasteiger charge is -2.15. The third kappa shape index (κ3) is 3.62. The largest absolute Gasteiger partial charge is 0.475 e. The zero-order valence-electron chi connectivity index (χ0n) is 11.4. The molecule has 0 radical (unpaired) electrons. The smallest absolute Gasteiger partial charge is 0.372 e. The van der Waals surface area contributed by atoms with E-state index in [1.54, 1.807) is 13.0 Å². The van der Waals surface area contributed by atoms with Gasteiger partial charge in [0.1, 0.15) is 5.76 Å². The number of carbonyl (C=O) groups is 1. The number of furan rings is 1. The first-order valence-corrected chi connectivity index (χ1v) is 6.59. The van der Waals surface area contributed by atoms with Crippen LogP contribution in [0.15, 0.2) is 34.7 Å². The van der Waals surface area contributed by atoms with Crippen molar-refractivity contribution in [2.75, 3.05) is 7.05 Å². The number of halogens is 1. The summed E-state index contributed by atoms with van der Waals surface area (Å²) in [7, 11) is 1.94. The van der Waals surface area contributed by atoms with E-state index in [0.29, 0.717) is 29.4 Å². The summed E-state index contributed by atoms with van der Waals surface area (Å²) in [6.45, 7) is 2.98. The van der Waals surface area contributed by atoms with Gasteiger partial charge in [0.05, 0.1) is 6.54 Å². The minimum absolute atomic E-state index is 0.0103. The summed E-state index contributed by atoms with van der Waals surface area (Å²) in [6, 6.07) is 9.41. The molecule has 0 saturated heterocycles. The zero-order chi connectivity index (χ0) is 14.7. The minimum atomic E-state index is -1.04. The Morgan fingerprint density at radius 3 is 2.70 bits per heavy atom. The highest BCUT2D eigenvalue weighted by Crippen LogP contribution is 2.17. The molecule has 4 nitrogen and oxygen atoms in total. The van der Waals surface area contributed by atoms with Gasteiger partial charge in [-0.3, -0.25) is 4.90 Å². The van der Waals surface area contributed by atoms with E-state index >= 15 is 0 Å². The summed E-state index contributed by atoms with van der Waals surface area (Å²) in [5.41, 5.74) is 1.74. The Hall–Kier alpha value is -1.78. The molecule has 0 bridgehead atoms. The highest BCUT2D eigenvalue weighted by atomic mass is 35.5. The predicted octanol–water partition coefficient (Wildman–Crippen LogP) is 3.57. The lowest BCUT2D eigenvalue weighted by molar-refractivity contribution is 0.0657. The van der Waals surface area contributed by atoms with Crippen molar-refractivity contribution in [3.05, 3.63) is 58.0 Å². The van der Waals surface area contributed by atoms with Crippen molar-refractivity contribution in [2.24, 2.45) is 0 Å². The van der Waals surface area contributed by atoms with Gasteiger partial charge in [-0.15, -0.1) is 0 Å². The molecule has 0 amide bonds. The normalized spacial score (nSPS) is 11.0. The van der Waals surface area contributed by atoms with Crippen LogP contribution in [0.4, 0.5) is 0 Å².